The highest BCUT2D eigenvalue weighted by Gasteiger charge is 2.35. The van der Waals surface area contributed by atoms with Crippen molar-refractivity contribution in [2.45, 2.75) is 52.6 Å². The molecule has 1 atom stereocenters. The van der Waals surface area contributed by atoms with Crippen molar-refractivity contribution in [3.63, 3.8) is 0 Å². The highest BCUT2D eigenvalue weighted by atomic mass is 16.5. The smallest absolute Gasteiger partial charge is 0.138 e. The van der Waals surface area contributed by atoms with Crippen LogP contribution in [0.25, 0.3) is 11.3 Å². The maximum absolute atomic E-state index is 6.20. The third-order valence-corrected chi connectivity index (χ3v) is 5.47. The third-order valence-electron chi connectivity index (χ3n) is 5.47. The van der Waals surface area contributed by atoms with E-state index in [1.165, 1.54) is 44.3 Å². The van der Waals surface area contributed by atoms with E-state index in [0.717, 1.165) is 29.5 Å². The molecule has 3 aliphatic rings. The van der Waals surface area contributed by atoms with Gasteiger partial charge in [0, 0.05) is 12.1 Å². The molecule has 1 aromatic heterocycles. The first kappa shape index (κ1) is 18.9. The molecule has 0 amide bonds. The highest BCUT2D eigenvalue weighted by Crippen LogP contribution is 2.31. The summed E-state index contributed by atoms with van der Waals surface area (Å²) in [4.78, 5) is 7.08. The minimum Gasteiger partial charge on any atom is -0.487 e. The van der Waals surface area contributed by atoms with Crippen molar-refractivity contribution in [2.75, 3.05) is 19.6 Å². The fraction of sp³-hybridized carbons (Fsp3) is 0.522. The molecule has 1 aromatic carbocycles. The van der Waals surface area contributed by atoms with Gasteiger partial charge in [0.1, 0.15) is 11.9 Å². The topological polar surface area (TPSA) is 25.4 Å². The molecule has 26 heavy (non-hydrogen) atoms. The van der Waals surface area contributed by atoms with Gasteiger partial charge in [0.15, 0.2) is 0 Å². The Morgan fingerprint density at radius 2 is 1.69 bits per heavy atom. The molecule has 3 aliphatic heterocycles. The Morgan fingerprint density at radius 3 is 2.19 bits per heavy atom. The highest BCUT2D eigenvalue weighted by molar-refractivity contribution is 5.59. The van der Waals surface area contributed by atoms with Crippen molar-refractivity contribution in [2.24, 2.45) is 5.92 Å². The SMILES string of the molecule is CCCC.Cc1ccc(-c2ccc(O[C@H]3CN4CCC3CC4)cn2)cc1. The first-order valence-corrected chi connectivity index (χ1v) is 10.1. The number of rotatable bonds is 4. The van der Waals surface area contributed by atoms with Gasteiger partial charge in [0.2, 0.25) is 0 Å². The zero-order valence-corrected chi connectivity index (χ0v) is 16.4. The summed E-state index contributed by atoms with van der Waals surface area (Å²) in [5.74, 6) is 1.62. The molecule has 2 aromatic rings. The second-order valence-corrected chi connectivity index (χ2v) is 7.54. The van der Waals surface area contributed by atoms with Crippen LogP contribution in [-0.4, -0.2) is 35.6 Å². The lowest BCUT2D eigenvalue weighted by Gasteiger charge is -2.44. The predicted molar refractivity (Wildman–Crippen MR) is 109 cm³/mol. The van der Waals surface area contributed by atoms with E-state index < -0.39 is 0 Å². The number of ether oxygens (including phenoxy) is 1. The Kier molecular flexibility index (Phi) is 6.67. The Balaban J connectivity index is 0.000000447. The summed E-state index contributed by atoms with van der Waals surface area (Å²) in [6.45, 7) is 10.0. The molecule has 0 aliphatic carbocycles. The van der Waals surface area contributed by atoms with E-state index >= 15 is 0 Å². The molecule has 2 bridgehead atoms. The van der Waals surface area contributed by atoms with Crippen molar-refractivity contribution >= 4 is 0 Å². The number of nitrogens with zero attached hydrogens (tertiary/aromatic N) is 2. The largest absolute Gasteiger partial charge is 0.487 e. The van der Waals surface area contributed by atoms with Gasteiger partial charge in [-0.25, -0.2) is 0 Å². The number of aromatic nitrogens is 1. The first-order chi connectivity index (χ1) is 12.7. The summed E-state index contributed by atoms with van der Waals surface area (Å²) < 4.78 is 6.20. The number of piperidine rings is 3. The van der Waals surface area contributed by atoms with Crippen molar-refractivity contribution in [1.82, 2.24) is 9.88 Å². The van der Waals surface area contributed by atoms with Crippen LogP contribution in [0.2, 0.25) is 0 Å². The van der Waals surface area contributed by atoms with Crippen molar-refractivity contribution in [1.29, 1.82) is 0 Å². The molecule has 3 heteroatoms. The predicted octanol–water partition coefficient (Wildman–Crippen LogP) is 5.34. The first-order valence-electron chi connectivity index (χ1n) is 10.1. The van der Waals surface area contributed by atoms with Gasteiger partial charge in [-0.05, 0) is 50.9 Å². The Bertz CT molecular complexity index is 656. The Labute approximate surface area is 158 Å². The minimum absolute atomic E-state index is 0.342. The summed E-state index contributed by atoms with van der Waals surface area (Å²) in [6, 6.07) is 12.6. The lowest BCUT2D eigenvalue weighted by Crippen LogP contribution is -2.52. The number of benzene rings is 1. The van der Waals surface area contributed by atoms with E-state index in [4.69, 9.17) is 4.74 Å². The fourth-order valence-electron chi connectivity index (χ4n) is 3.56. The quantitative estimate of drug-likeness (QED) is 0.743. The standard InChI is InChI=1S/C19H22N2O.C4H10/c1-14-2-4-15(5-3-14)18-7-6-17(12-20-18)22-19-13-21-10-8-16(19)9-11-21;1-3-4-2/h2-7,12,16,19H,8-11,13H2,1H3;3-4H2,1-2H3/t19-;/m0./s1. The molecule has 0 N–H and O–H groups in total. The summed E-state index contributed by atoms with van der Waals surface area (Å²) in [7, 11) is 0. The molecule has 140 valence electrons. The molecule has 3 nitrogen and oxygen atoms in total. The van der Waals surface area contributed by atoms with Gasteiger partial charge < -0.3 is 4.74 Å². The normalized spacial score (nSPS) is 23.9. The molecule has 4 heterocycles. The molecule has 3 saturated heterocycles. The second-order valence-electron chi connectivity index (χ2n) is 7.54. The molecular weight excluding hydrogens is 320 g/mol. The molecule has 0 radical (unpaired) electrons. The molecular formula is C23H32N2O. The van der Waals surface area contributed by atoms with Crippen LogP contribution < -0.4 is 4.74 Å². The van der Waals surface area contributed by atoms with Crippen LogP contribution in [-0.2, 0) is 0 Å². The maximum atomic E-state index is 6.20. The lowest BCUT2D eigenvalue weighted by atomic mass is 9.86. The van der Waals surface area contributed by atoms with Crippen LogP contribution in [0.5, 0.6) is 5.75 Å². The van der Waals surface area contributed by atoms with Crippen LogP contribution in [0, 0.1) is 12.8 Å². The lowest BCUT2D eigenvalue weighted by molar-refractivity contribution is -0.00791. The number of unbranched alkanes of at least 4 members (excludes halogenated alkanes) is 1. The van der Waals surface area contributed by atoms with Gasteiger partial charge in [-0.15, -0.1) is 0 Å². The van der Waals surface area contributed by atoms with E-state index in [0.29, 0.717) is 6.10 Å². The van der Waals surface area contributed by atoms with Gasteiger partial charge in [-0.3, -0.25) is 9.88 Å². The number of hydrogen-bond donors (Lipinski definition) is 0. The molecule has 5 rings (SSSR count). The third kappa shape index (κ3) is 4.85. The van der Waals surface area contributed by atoms with Crippen LogP contribution >= 0.6 is 0 Å². The number of pyridine rings is 1. The number of fused-ring (bicyclic) bond motifs is 3. The summed E-state index contributed by atoms with van der Waals surface area (Å²) >= 11 is 0. The zero-order chi connectivity index (χ0) is 18.4. The average molecular weight is 353 g/mol. The Hall–Kier alpha value is -1.87. The zero-order valence-electron chi connectivity index (χ0n) is 16.4. The molecule has 0 unspecified atom stereocenters. The van der Waals surface area contributed by atoms with Crippen molar-refractivity contribution in [3.05, 3.63) is 48.2 Å². The minimum atomic E-state index is 0.342. The molecule has 0 saturated carbocycles. The van der Waals surface area contributed by atoms with Crippen molar-refractivity contribution in [3.8, 4) is 17.0 Å². The van der Waals surface area contributed by atoms with E-state index in [2.05, 4.69) is 67.1 Å². The average Bonchev–Trinajstić information content (AvgIpc) is 2.70. The van der Waals surface area contributed by atoms with Gasteiger partial charge in [-0.1, -0.05) is 56.5 Å². The van der Waals surface area contributed by atoms with Gasteiger partial charge in [-0.2, -0.15) is 0 Å². The van der Waals surface area contributed by atoms with E-state index in [1.807, 2.05) is 6.20 Å². The van der Waals surface area contributed by atoms with Crippen molar-refractivity contribution < 1.29 is 4.74 Å². The number of aryl methyl sites for hydroxylation is 1. The summed E-state index contributed by atoms with van der Waals surface area (Å²) in [6.07, 6.45) is 7.40. The van der Waals surface area contributed by atoms with E-state index in [9.17, 15) is 0 Å². The van der Waals surface area contributed by atoms with Crippen LogP contribution in [0.3, 0.4) is 0 Å². The maximum Gasteiger partial charge on any atom is 0.138 e. The van der Waals surface area contributed by atoms with Crippen LogP contribution in [0.4, 0.5) is 0 Å². The monoisotopic (exact) mass is 352 g/mol. The Morgan fingerprint density at radius 1 is 1.00 bits per heavy atom. The summed E-state index contributed by atoms with van der Waals surface area (Å²) in [5, 5.41) is 0. The second kappa shape index (κ2) is 9.18. The molecule has 0 spiro atoms. The van der Waals surface area contributed by atoms with Gasteiger partial charge in [0.05, 0.1) is 11.9 Å². The number of hydrogen-bond acceptors (Lipinski definition) is 3. The summed E-state index contributed by atoms with van der Waals surface area (Å²) in [5.41, 5.74) is 3.42. The molecule has 3 fully saturated rings. The van der Waals surface area contributed by atoms with Crippen LogP contribution in [0.15, 0.2) is 42.6 Å². The van der Waals surface area contributed by atoms with Gasteiger partial charge in [0.25, 0.3) is 0 Å². The van der Waals surface area contributed by atoms with Crippen LogP contribution in [0.1, 0.15) is 45.1 Å². The van der Waals surface area contributed by atoms with E-state index in [1.54, 1.807) is 0 Å². The van der Waals surface area contributed by atoms with E-state index in [-0.39, 0.29) is 0 Å². The van der Waals surface area contributed by atoms with Gasteiger partial charge >= 0.3 is 0 Å². The fourth-order valence-corrected chi connectivity index (χ4v) is 3.56.